The maximum absolute atomic E-state index is 6.20. The highest BCUT2D eigenvalue weighted by Crippen LogP contribution is 2.22. The molecule has 0 aliphatic carbocycles. The van der Waals surface area contributed by atoms with Crippen molar-refractivity contribution in [1.29, 1.82) is 0 Å². The Morgan fingerprint density at radius 3 is 2.70 bits per heavy atom. The molecule has 0 saturated heterocycles. The van der Waals surface area contributed by atoms with Gasteiger partial charge in [0.2, 0.25) is 0 Å². The van der Waals surface area contributed by atoms with Gasteiger partial charge in [-0.3, -0.25) is 0 Å². The predicted molar refractivity (Wildman–Crippen MR) is 104 cm³/mol. The second-order valence-electron chi connectivity index (χ2n) is 6.06. The molecule has 0 unspecified atom stereocenters. The number of aryl methyl sites for hydroxylation is 1. The standard InChI is InChI=1S/C17H19ClN2OS2/c1-11-7-8-23-15(11)16(22)20-13-5-6-14(18)12(9-13)10-19-21-17(2,3)4/h5-10H,1-4H3,(H,20,22)/b19-10+. The smallest absolute Gasteiger partial charge is 0.129 e. The molecule has 2 aromatic rings. The van der Waals surface area contributed by atoms with E-state index in [-0.39, 0.29) is 5.60 Å². The Kier molecular flexibility index (Phi) is 5.79. The zero-order valence-corrected chi connectivity index (χ0v) is 15.9. The molecule has 1 aromatic heterocycles. The van der Waals surface area contributed by atoms with Crippen molar-refractivity contribution in [1.82, 2.24) is 0 Å². The van der Waals surface area contributed by atoms with Crippen molar-refractivity contribution in [2.75, 3.05) is 5.32 Å². The Labute approximate surface area is 151 Å². The summed E-state index contributed by atoms with van der Waals surface area (Å²) in [5, 5.41) is 9.87. The third-order valence-corrected chi connectivity index (χ3v) is 4.65. The van der Waals surface area contributed by atoms with E-state index in [1.807, 2.05) is 51.3 Å². The maximum Gasteiger partial charge on any atom is 0.129 e. The number of nitrogens with one attached hydrogen (secondary N) is 1. The molecule has 1 heterocycles. The van der Waals surface area contributed by atoms with Gasteiger partial charge in [0.1, 0.15) is 10.6 Å². The van der Waals surface area contributed by atoms with Crippen molar-refractivity contribution in [2.24, 2.45) is 5.16 Å². The third kappa shape index (κ3) is 5.30. The average Bonchev–Trinajstić information content (AvgIpc) is 2.87. The summed E-state index contributed by atoms with van der Waals surface area (Å²) in [7, 11) is 0. The fourth-order valence-corrected chi connectivity index (χ4v) is 3.16. The number of thiophene rings is 1. The number of oxime groups is 1. The van der Waals surface area contributed by atoms with E-state index in [1.54, 1.807) is 17.6 Å². The quantitative estimate of drug-likeness (QED) is 0.431. The van der Waals surface area contributed by atoms with Gasteiger partial charge in [-0.2, -0.15) is 0 Å². The number of benzene rings is 1. The van der Waals surface area contributed by atoms with Crippen molar-refractivity contribution in [2.45, 2.75) is 33.3 Å². The number of hydrogen-bond acceptors (Lipinski definition) is 4. The Morgan fingerprint density at radius 1 is 1.35 bits per heavy atom. The van der Waals surface area contributed by atoms with Gasteiger partial charge in [0, 0.05) is 16.3 Å². The van der Waals surface area contributed by atoms with Crippen molar-refractivity contribution in [3.05, 3.63) is 50.7 Å². The molecule has 6 heteroatoms. The normalized spacial score (nSPS) is 11.7. The molecule has 0 aliphatic heterocycles. The Balaban J connectivity index is 2.14. The topological polar surface area (TPSA) is 33.6 Å². The predicted octanol–water partition coefficient (Wildman–Crippen LogP) is 5.65. The first-order valence-corrected chi connectivity index (χ1v) is 8.79. The van der Waals surface area contributed by atoms with Crippen LogP contribution in [0, 0.1) is 6.92 Å². The second kappa shape index (κ2) is 7.43. The molecular formula is C17H19ClN2OS2. The minimum absolute atomic E-state index is 0.336. The molecule has 3 nitrogen and oxygen atoms in total. The van der Waals surface area contributed by atoms with Crippen molar-refractivity contribution in [3.63, 3.8) is 0 Å². The van der Waals surface area contributed by atoms with Gasteiger partial charge in [-0.05, 0) is 62.9 Å². The summed E-state index contributed by atoms with van der Waals surface area (Å²) < 4.78 is 0. The first kappa shape index (κ1) is 17.9. The largest absolute Gasteiger partial charge is 0.390 e. The molecule has 0 spiro atoms. The lowest BCUT2D eigenvalue weighted by molar-refractivity contribution is 0.00199. The highest BCUT2D eigenvalue weighted by atomic mass is 35.5. The number of nitrogens with zero attached hydrogens (tertiary/aromatic N) is 1. The van der Waals surface area contributed by atoms with E-state index in [0.29, 0.717) is 10.0 Å². The van der Waals surface area contributed by atoms with Gasteiger partial charge in [0.15, 0.2) is 0 Å². The van der Waals surface area contributed by atoms with Gasteiger partial charge in [-0.25, -0.2) is 0 Å². The first-order chi connectivity index (χ1) is 10.8. The summed E-state index contributed by atoms with van der Waals surface area (Å²) in [6, 6.07) is 7.65. The van der Waals surface area contributed by atoms with E-state index in [1.165, 1.54) is 5.56 Å². The van der Waals surface area contributed by atoms with Crippen molar-refractivity contribution < 1.29 is 4.84 Å². The fourth-order valence-electron chi connectivity index (χ4n) is 1.75. The minimum Gasteiger partial charge on any atom is -0.390 e. The maximum atomic E-state index is 6.20. The molecule has 0 fully saturated rings. The average molecular weight is 367 g/mol. The van der Waals surface area contributed by atoms with Crippen LogP contribution in [0.4, 0.5) is 5.69 Å². The van der Waals surface area contributed by atoms with Crippen LogP contribution in [0.1, 0.15) is 36.8 Å². The van der Waals surface area contributed by atoms with Crippen LogP contribution >= 0.6 is 35.2 Å². The van der Waals surface area contributed by atoms with Gasteiger partial charge in [0.25, 0.3) is 0 Å². The minimum atomic E-state index is -0.336. The van der Waals surface area contributed by atoms with E-state index >= 15 is 0 Å². The highest BCUT2D eigenvalue weighted by molar-refractivity contribution is 7.81. The second-order valence-corrected chi connectivity index (χ2v) is 7.79. The van der Waals surface area contributed by atoms with Gasteiger partial charge < -0.3 is 10.2 Å². The monoisotopic (exact) mass is 366 g/mol. The van der Waals surface area contributed by atoms with Crippen LogP contribution in [0.25, 0.3) is 0 Å². The van der Waals surface area contributed by atoms with E-state index < -0.39 is 0 Å². The first-order valence-electron chi connectivity index (χ1n) is 7.13. The van der Waals surface area contributed by atoms with Gasteiger partial charge in [-0.1, -0.05) is 29.0 Å². The molecule has 0 radical (unpaired) electrons. The number of thiocarbonyl (C=S) groups is 1. The summed E-state index contributed by atoms with van der Waals surface area (Å²) in [5.41, 5.74) is 2.47. The molecule has 1 aromatic carbocycles. The third-order valence-electron chi connectivity index (χ3n) is 2.84. The Bertz CT molecular complexity index is 732. The van der Waals surface area contributed by atoms with Crippen LogP contribution in [0.2, 0.25) is 5.02 Å². The molecule has 0 amide bonds. The van der Waals surface area contributed by atoms with Crippen LogP contribution < -0.4 is 5.32 Å². The van der Waals surface area contributed by atoms with E-state index in [4.69, 9.17) is 28.7 Å². The lowest BCUT2D eigenvalue weighted by Gasteiger charge is -2.15. The summed E-state index contributed by atoms with van der Waals surface area (Å²) in [5.74, 6) is 0. The van der Waals surface area contributed by atoms with E-state index in [0.717, 1.165) is 16.1 Å². The summed E-state index contributed by atoms with van der Waals surface area (Å²) in [6.45, 7) is 7.85. The lowest BCUT2D eigenvalue weighted by atomic mass is 10.2. The molecular weight excluding hydrogens is 348 g/mol. The molecule has 1 N–H and O–H groups in total. The van der Waals surface area contributed by atoms with E-state index in [9.17, 15) is 0 Å². The molecule has 0 bridgehead atoms. The van der Waals surface area contributed by atoms with Crippen LogP contribution in [0.3, 0.4) is 0 Å². The number of rotatable bonds is 4. The highest BCUT2D eigenvalue weighted by Gasteiger charge is 2.10. The zero-order valence-electron chi connectivity index (χ0n) is 13.5. The number of hydrogen-bond donors (Lipinski definition) is 1. The zero-order chi connectivity index (χ0) is 17.0. The number of halogens is 1. The SMILES string of the molecule is Cc1ccsc1C(=S)Nc1ccc(Cl)c(/C=N/OC(C)(C)C)c1. The summed E-state index contributed by atoms with van der Waals surface area (Å²) in [4.78, 5) is 7.12. The van der Waals surface area contributed by atoms with E-state index in [2.05, 4.69) is 16.5 Å². The van der Waals surface area contributed by atoms with Crippen molar-refractivity contribution in [3.8, 4) is 0 Å². The van der Waals surface area contributed by atoms with Gasteiger partial charge in [0.05, 0.1) is 11.1 Å². The summed E-state index contributed by atoms with van der Waals surface area (Å²) in [6.07, 6.45) is 1.61. The Morgan fingerprint density at radius 2 is 2.09 bits per heavy atom. The molecule has 0 saturated carbocycles. The van der Waals surface area contributed by atoms with Gasteiger partial charge >= 0.3 is 0 Å². The molecule has 0 aliphatic rings. The lowest BCUT2D eigenvalue weighted by Crippen LogP contribution is -2.15. The van der Waals surface area contributed by atoms with Gasteiger partial charge in [-0.15, -0.1) is 11.3 Å². The fraction of sp³-hybridized carbons (Fsp3) is 0.294. The molecule has 122 valence electrons. The molecule has 2 rings (SSSR count). The van der Waals surface area contributed by atoms with Crippen molar-refractivity contribution >= 4 is 52.0 Å². The number of anilines is 1. The van der Waals surface area contributed by atoms with Crippen LogP contribution in [-0.4, -0.2) is 16.8 Å². The van der Waals surface area contributed by atoms with Crippen LogP contribution in [-0.2, 0) is 4.84 Å². The molecule has 0 atom stereocenters. The van der Waals surface area contributed by atoms with Crippen LogP contribution in [0.5, 0.6) is 0 Å². The van der Waals surface area contributed by atoms with Crippen LogP contribution in [0.15, 0.2) is 34.8 Å². The summed E-state index contributed by atoms with van der Waals surface area (Å²) >= 11 is 13.3. The Hall–Kier alpha value is -1.43. The molecule has 23 heavy (non-hydrogen) atoms.